The Morgan fingerprint density at radius 3 is 2.26 bits per heavy atom. The Hall–Kier alpha value is -4.46. The molecule has 0 radical (unpaired) electrons. The van der Waals surface area contributed by atoms with E-state index in [4.69, 9.17) is 18.9 Å². The maximum absolute atomic E-state index is 13.5. The van der Waals surface area contributed by atoms with Gasteiger partial charge in [0.2, 0.25) is 6.79 Å². The van der Waals surface area contributed by atoms with E-state index in [-0.39, 0.29) is 24.2 Å². The topological polar surface area (TPSA) is 94.5 Å². The lowest BCUT2D eigenvalue weighted by Crippen LogP contribution is -2.29. The van der Waals surface area contributed by atoms with Crippen LogP contribution in [-0.2, 0) is 9.59 Å². The molecule has 0 spiro atoms. The first kappa shape index (κ1) is 26.2. The third kappa shape index (κ3) is 5.27. The van der Waals surface area contributed by atoms with Gasteiger partial charge in [-0.05, 0) is 73.9 Å². The van der Waals surface area contributed by atoms with Gasteiger partial charge in [-0.1, -0.05) is 26.0 Å². The van der Waals surface area contributed by atoms with Crippen molar-refractivity contribution in [1.82, 2.24) is 0 Å². The number of ketones is 1. The summed E-state index contributed by atoms with van der Waals surface area (Å²) in [6.45, 7) is 8.61. The SMILES string of the molecule is CC(C)COc1ccc(/C(O)=C2\C(=O)C(=O)N(c3ccc4c(c3)OCO4)C2c2ccc(OC(C)C)cc2)cc1. The van der Waals surface area contributed by atoms with Crippen molar-refractivity contribution in [3.8, 4) is 23.0 Å². The number of benzene rings is 3. The first-order chi connectivity index (χ1) is 18.7. The van der Waals surface area contributed by atoms with Crippen LogP contribution in [0.15, 0.2) is 72.3 Å². The summed E-state index contributed by atoms with van der Waals surface area (Å²) >= 11 is 0. The molecular weight excluding hydrogens is 498 g/mol. The molecule has 0 aliphatic carbocycles. The zero-order chi connectivity index (χ0) is 27.7. The number of nitrogens with zero attached hydrogens (tertiary/aromatic N) is 1. The zero-order valence-electron chi connectivity index (χ0n) is 22.3. The predicted octanol–water partition coefficient (Wildman–Crippen LogP) is 5.86. The van der Waals surface area contributed by atoms with Crippen molar-refractivity contribution < 1.29 is 33.6 Å². The van der Waals surface area contributed by atoms with Crippen LogP contribution < -0.4 is 23.8 Å². The van der Waals surface area contributed by atoms with Crippen molar-refractivity contribution in [2.45, 2.75) is 39.8 Å². The van der Waals surface area contributed by atoms with Crippen LogP contribution in [0.2, 0.25) is 0 Å². The number of carbonyl (C=O) groups excluding carboxylic acids is 2. The Kier molecular flexibility index (Phi) is 7.19. The fraction of sp³-hybridized carbons (Fsp3) is 0.290. The summed E-state index contributed by atoms with van der Waals surface area (Å²) in [5.41, 5.74) is 1.48. The largest absolute Gasteiger partial charge is 0.507 e. The highest BCUT2D eigenvalue weighted by atomic mass is 16.7. The number of ether oxygens (including phenoxy) is 4. The van der Waals surface area contributed by atoms with Crippen molar-refractivity contribution in [3.05, 3.63) is 83.4 Å². The van der Waals surface area contributed by atoms with Gasteiger partial charge in [0.15, 0.2) is 11.5 Å². The number of carbonyl (C=O) groups is 2. The molecule has 39 heavy (non-hydrogen) atoms. The van der Waals surface area contributed by atoms with E-state index in [0.717, 1.165) is 0 Å². The third-order valence-corrected chi connectivity index (χ3v) is 6.36. The lowest BCUT2D eigenvalue weighted by Gasteiger charge is -2.26. The Balaban J connectivity index is 1.58. The van der Waals surface area contributed by atoms with Gasteiger partial charge >= 0.3 is 0 Å². The van der Waals surface area contributed by atoms with Crippen LogP contribution in [0.3, 0.4) is 0 Å². The van der Waals surface area contributed by atoms with E-state index in [1.54, 1.807) is 66.7 Å². The van der Waals surface area contributed by atoms with Gasteiger partial charge in [-0.3, -0.25) is 14.5 Å². The summed E-state index contributed by atoms with van der Waals surface area (Å²) in [7, 11) is 0. The highest BCUT2D eigenvalue weighted by Gasteiger charge is 2.47. The van der Waals surface area contributed by atoms with E-state index in [9.17, 15) is 14.7 Å². The molecule has 2 aliphatic heterocycles. The van der Waals surface area contributed by atoms with E-state index in [2.05, 4.69) is 13.8 Å². The van der Waals surface area contributed by atoms with Crippen molar-refractivity contribution >= 4 is 23.1 Å². The number of fused-ring (bicyclic) bond motifs is 1. The summed E-state index contributed by atoms with van der Waals surface area (Å²) in [5.74, 6) is 0.913. The van der Waals surface area contributed by atoms with Crippen LogP contribution in [0.1, 0.15) is 44.9 Å². The molecule has 1 atom stereocenters. The van der Waals surface area contributed by atoms with E-state index < -0.39 is 17.7 Å². The quantitative estimate of drug-likeness (QED) is 0.222. The number of Topliss-reactive ketones (excluding diaryl/α,β-unsaturated/α-hetero) is 1. The molecule has 1 saturated heterocycles. The Morgan fingerprint density at radius 2 is 1.59 bits per heavy atom. The number of hydrogen-bond acceptors (Lipinski definition) is 7. The van der Waals surface area contributed by atoms with Gasteiger partial charge < -0.3 is 24.1 Å². The summed E-state index contributed by atoms with van der Waals surface area (Å²) in [4.78, 5) is 28.3. The van der Waals surface area contributed by atoms with E-state index in [0.29, 0.717) is 52.3 Å². The van der Waals surface area contributed by atoms with Gasteiger partial charge in [-0.15, -0.1) is 0 Å². The van der Waals surface area contributed by atoms with Crippen molar-refractivity contribution in [2.75, 3.05) is 18.3 Å². The van der Waals surface area contributed by atoms with Crippen molar-refractivity contribution in [2.24, 2.45) is 5.92 Å². The van der Waals surface area contributed by atoms with E-state index in [1.807, 2.05) is 13.8 Å². The minimum atomic E-state index is -0.879. The molecule has 8 heteroatoms. The number of hydrogen-bond donors (Lipinski definition) is 1. The first-order valence-corrected chi connectivity index (χ1v) is 12.9. The number of rotatable bonds is 8. The maximum Gasteiger partial charge on any atom is 0.300 e. The molecular formula is C31H31NO7. The molecule has 202 valence electrons. The van der Waals surface area contributed by atoms with Crippen LogP contribution in [0.5, 0.6) is 23.0 Å². The first-order valence-electron chi connectivity index (χ1n) is 12.9. The lowest BCUT2D eigenvalue weighted by molar-refractivity contribution is -0.132. The second kappa shape index (κ2) is 10.7. The van der Waals surface area contributed by atoms with Gasteiger partial charge in [0.1, 0.15) is 17.3 Å². The van der Waals surface area contributed by atoms with Gasteiger partial charge in [0, 0.05) is 17.3 Å². The Morgan fingerprint density at radius 1 is 0.923 bits per heavy atom. The fourth-order valence-corrected chi connectivity index (χ4v) is 4.58. The standard InChI is InChI=1S/C31H31NO7/c1-18(2)16-36-23-10-7-21(8-11-23)29(33)27-28(20-5-12-24(13-6-20)39-19(3)4)32(31(35)30(27)34)22-9-14-25-26(15-22)38-17-37-25/h5-15,18-19,28,33H,16-17H2,1-4H3/b29-27+. The summed E-state index contributed by atoms with van der Waals surface area (Å²) in [6.07, 6.45) is -0.0115. The predicted molar refractivity (Wildman–Crippen MR) is 146 cm³/mol. The number of aliphatic hydroxyl groups excluding tert-OH is 1. The minimum absolute atomic E-state index is 0.00829. The third-order valence-electron chi connectivity index (χ3n) is 6.36. The van der Waals surface area contributed by atoms with E-state index >= 15 is 0 Å². The van der Waals surface area contributed by atoms with Crippen LogP contribution in [0, 0.1) is 5.92 Å². The van der Waals surface area contributed by atoms with Crippen molar-refractivity contribution in [1.29, 1.82) is 0 Å². The molecule has 1 fully saturated rings. The Labute approximate surface area is 227 Å². The van der Waals surface area contributed by atoms with Crippen LogP contribution in [0.25, 0.3) is 5.76 Å². The normalized spacial score (nSPS) is 17.8. The van der Waals surface area contributed by atoms with Gasteiger partial charge in [0.25, 0.3) is 11.7 Å². The van der Waals surface area contributed by atoms with Gasteiger partial charge in [0.05, 0.1) is 24.3 Å². The molecule has 0 bridgehead atoms. The smallest absolute Gasteiger partial charge is 0.300 e. The summed E-state index contributed by atoms with van der Waals surface area (Å²) in [5, 5.41) is 11.4. The average Bonchev–Trinajstić information content (AvgIpc) is 3.49. The molecule has 2 heterocycles. The fourth-order valence-electron chi connectivity index (χ4n) is 4.58. The van der Waals surface area contributed by atoms with Gasteiger partial charge in [-0.25, -0.2) is 0 Å². The summed E-state index contributed by atoms with van der Waals surface area (Å²) in [6, 6.07) is 18.2. The molecule has 0 aromatic heterocycles. The van der Waals surface area contributed by atoms with Crippen LogP contribution in [-0.4, -0.2) is 36.3 Å². The molecule has 3 aromatic carbocycles. The molecule has 1 amide bonds. The molecule has 1 unspecified atom stereocenters. The lowest BCUT2D eigenvalue weighted by atomic mass is 9.95. The van der Waals surface area contributed by atoms with E-state index in [1.165, 1.54) is 4.90 Å². The molecule has 2 aliphatic rings. The molecule has 8 nitrogen and oxygen atoms in total. The summed E-state index contributed by atoms with van der Waals surface area (Å²) < 4.78 is 22.4. The minimum Gasteiger partial charge on any atom is -0.507 e. The second-order valence-electron chi connectivity index (χ2n) is 10.2. The maximum atomic E-state index is 13.5. The molecule has 0 saturated carbocycles. The number of anilines is 1. The molecule has 3 aromatic rings. The number of aliphatic hydroxyl groups is 1. The monoisotopic (exact) mass is 529 g/mol. The average molecular weight is 530 g/mol. The second-order valence-corrected chi connectivity index (χ2v) is 10.2. The highest BCUT2D eigenvalue weighted by Crippen LogP contribution is 2.45. The Bertz CT molecular complexity index is 1410. The van der Waals surface area contributed by atoms with Crippen molar-refractivity contribution in [3.63, 3.8) is 0 Å². The molecule has 1 N–H and O–H groups in total. The van der Waals surface area contributed by atoms with Crippen LogP contribution in [0.4, 0.5) is 5.69 Å². The van der Waals surface area contributed by atoms with Gasteiger partial charge in [-0.2, -0.15) is 0 Å². The zero-order valence-corrected chi connectivity index (χ0v) is 22.3. The number of amides is 1. The van der Waals surface area contributed by atoms with Crippen LogP contribution >= 0.6 is 0 Å². The molecule has 5 rings (SSSR count). The highest BCUT2D eigenvalue weighted by molar-refractivity contribution is 6.51.